The average molecular weight is 179 g/mol. The lowest BCUT2D eigenvalue weighted by Gasteiger charge is -2.00. The van der Waals surface area contributed by atoms with Crippen LogP contribution < -0.4 is 5.48 Å². The summed E-state index contributed by atoms with van der Waals surface area (Å²) in [7, 11) is 0. The maximum Gasteiger partial charge on any atom is 0.332 e. The van der Waals surface area contributed by atoms with Crippen molar-refractivity contribution in [2.45, 2.75) is 0 Å². The van der Waals surface area contributed by atoms with Gasteiger partial charge in [0.1, 0.15) is 0 Å². The molecule has 11 heavy (non-hydrogen) atoms. The summed E-state index contributed by atoms with van der Waals surface area (Å²) < 4.78 is 0. The maximum absolute atomic E-state index is 10.6. The van der Waals surface area contributed by atoms with Gasteiger partial charge < -0.3 is 5.11 Å². The Hall–Kier alpha value is -0.750. The van der Waals surface area contributed by atoms with Crippen LogP contribution in [0.3, 0.4) is 0 Å². The van der Waals surface area contributed by atoms with Crippen molar-refractivity contribution in [3.63, 3.8) is 0 Å². The number of carboxylic acids is 1. The number of carbonyl (C=O) groups is 2. The van der Waals surface area contributed by atoms with Crippen molar-refractivity contribution >= 4 is 23.6 Å². The third kappa shape index (κ3) is 7.14. The van der Waals surface area contributed by atoms with Crippen LogP contribution >= 0.6 is 11.8 Å². The first-order valence-corrected chi connectivity index (χ1v) is 4.17. The molecule has 64 valence electrons. The molecule has 0 heterocycles. The van der Waals surface area contributed by atoms with Crippen LogP contribution in [0.1, 0.15) is 0 Å². The normalized spacial score (nSPS) is 9.18. The topological polar surface area (TPSA) is 75.6 Å². The van der Waals surface area contributed by atoms with Crippen molar-refractivity contribution in [3.05, 3.63) is 0 Å². The molecule has 0 aliphatic heterocycles. The molecule has 0 rings (SSSR count). The summed E-state index contributed by atoms with van der Waals surface area (Å²) in [5.41, 5.74) is 1.97. The number of nitrogens with one attached hydrogen (secondary N) is 1. The first-order chi connectivity index (χ1) is 5.16. The molecule has 0 bridgehead atoms. The number of aliphatic carboxylic acids is 1. The molecule has 5 nitrogen and oxygen atoms in total. The highest BCUT2D eigenvalue weighted by Crippen LogP contribution is 1.88. The molecule has 1 amide bonds. The largest absolute Gasteiger partial charge is 0.479 e. The fourth-order valence-electron chi connectivity index (χ4n) is 0.339. The Morgan fingerprint density at radius 1 is 1.64 bits per heavy atom. The van der Waals surface area contributed by atoms with Crippen LogP contribution in [0.25, 0.3) is 0 Å². The highest BCUT2D eigenvalue weighted by atomic mass is 32.2. The molecule has 0 radical (unpaired) electrons. The molecular weight excluding hydrogens is 170 g/mol. The number of thioether (sulfide) groups is 1. The summed E-state index contributed by atoms with van der Waals surface area (Å²) in [6.07, 6.45) is 1.76. The minimum atomic E-state index is -1.12. The van der Waals surface area contributed by atoms with Crippen LogP contribution in [-0.2, 0) is 14.4 Å². The van der Waals surface area contributed by atoms with Crippen molar-refractivity contribution in [3.8, 4) is 0 Å². The van der Waals surface area contributed by atoms with Gasteiger partial charge >= 0.3 is 5.97 Å². The maximum atomic E-state index is 10.6. The van der Waals surface area contributed by atoms with E-state index >= 15 is 0 Å². The lowest BCUT2D eigenvalue weighted by Crippen LogP contribution is -2.27. The molecule has 0 saturated heterocycles. The van der Waals surface area contributed by atoms with Gasteiger partial charge in [0.2, 0.25) is 0 Å². The van der Waals surface area contributed by atoms with E-state index in [1.165, 1.54) is 11.8 Å². The second-order valence-electron chi connectivity index (χ2n) is 1.64. The van der Waals surface area contributed by atoms with E-state index in [0.717, 1.165) is 0 Å². The number of hydrogen-bond acceptors (Lipinski definition) is 4. The Morgan fingerprint density at radius 2 is 2.27 bits per heavy atom. The zero-order valence-electron chi connectivity index (χ0n) is 5.99. The quantitative estimate of drug-likeness (QED) is 0.555. The summed E-state index contributed by atoms with van der Waals surface area (Å²) in [5, 5.41) is 8.07. The van der Waals surface area contributed by atoms with Crippen LogP contribution in [0.2, 0.25) is 0 Å². The SMILES string of the molecule is CSCC(=O)NOCC(=O)O. The Bertz CT molecular complexity index is 149. The minimum Gasteiger partial charge on any atom is -0.479 e. The smallest absolute Gasteiger partial charge is 0.332 e. The molecule has 0 atom stereocenters. The lowest BCUT2D eigenvalue weighted by molar-refractivity contribution is -0.148. The Balaban J connectivity index is 3.24. The third-order valence-corrected chi connectivity index (χ3v) is 1.21. The molecule has 0 aromatic rings. The van der Waals surface area contributed by atoms with Crippen molar-refractivity contribution < 1.29 is 19.5 Å². The van der Waals surface area contributed by atoms with Crippen LogP contribution in [0, 0.1) is 0 Å². The van der Waals surface area contributed by atoms with E-state index in [-0.39, 0.29) is 11.7 Å². The highest BCUT2D eigenvalue weighted by Gasteiger charge is 2.00. The van der Waals surface area contributed by atoms with Gasteiger partial charge in [0.25, 0.3) is 5.91 Å². The number of rotatable bonds is 5. The Morgan fingerprint density at radius 3 is 2.73 bits per heavy atom. The van der Waals surface area contributed by atoms with Gasteiger partial charge in [0.05, 0.1) is 5.75 Å². The van der Waals surface area contributed by atoms with Crippen molar-refractivity contribution in [2.24, 2.45) is 0 Å². The number of amides is 1. The van der Waals surface area contributed by atoms with E-state index in [4.69, 9.17) is 5.11 Å². The average Bonchev–Trinajstić information content (AvgIpc) is 1.87. The molecule has 0 unspecified atom stereocenters. The number of hydroxylamine groups is 1. The Kier molecular flexibility index (Phi) is 5.58. The van der Waals surface area contributed by atoms with Crippen LogP contribution in [0.5, 0.6) is 0 Å². The highest BCUT2D eigenvalue weighted by molar-refractivity contribution is 7.99. The van der Waals surface area contributed by atoms with E-state index in [9.17, 15) is 9.59 Å². The van der Waals surface area contributed by atoms with Crippen LogP contribution in [-0.4, -0.2) is 35.6 Å². The van der Waals surface area contributed by atoms with Gasteiger partial charge in [-0.2, -0.15) is 11.8 Å². The summed E-state index contributed by atoms with van der Waals surface area (Å²) in [5.74, 6) is -1.19. The predicted molar refractivity (Wildman–Crippen MR) is 40.1 cm³/mol. The molecule has 0 spiro atoms. The summed E-state index contributed by atoms with van der Waals surface area (Å²) in [6, 6.07) is 0. The molecule has 6 heteroatoms. The summed E-state index contributed by atoms with van der Waals surface area (Å²) >= 11 is 1.33. The van der Waals surface area contributed by atoms with Gasteiger partial charge in [0.15, 0.2) is 6.61 Å². The van der Waals surface area contributed by atoms with Gasteiger partial charge in [-0.05, 0) is 6.26 Å². The summed E-state index contributed by atoms with van der Waals surface area (Å²) in [4.78, 5) is 24.7. The fourth-order valence-corrected chi connectivity index (χ4v) is 0.660. The number of carboxylic acid groups (broad SMARTS) is 1. The standard InChI is InChI=1S/C5H9NO4S/c1-11-3-4(7)6-10-2-5(8)9/h2-3H2,1H3,(H,6,7)(H,8,9). The third-order valence-electron chi connectivity index (χ3n) is 0.657. The minimum absolute atomic E-state index is 0.264. The zero-order chi connectivity index (χ0) is 8.69. The molecule has 0 aliphatic carbocycles. The van der Waals surface area contributed by atoms with Crippen LogP contribution in [0.15, 0.2) is 0 Å². The van der Waals surface area contributed by atoms with E-state index in [2.05, 4.69) is 4.84 Å². The van der Waals surface area contributed by atoms with Crippen LogP contribution in [0.4, 0.5) is 0 Å². The number of hydrogen-bond donors (Lipinski definition) is 2. The van der Waals surface area contributed by atoms with Crippen molar-refractivity contribution in [1.82, 2.24) is 5.48 Å². The molecule has 0 aromatic carbocycles. The van der Waals surface area contributed by atoms with E-state index in [1.54, 1.807) is 6.26 Å². The first-order valence-electron chi connectivity index (χ1n) is 2.78. The lowest BCUT2D eigenvalue weighted by atomic mass is 10.7. The Labute approximate surface area is 68.1 Å². The van der Waals surface area contributed by atoms with E-state index in [1.807, 2.05) is 5.48 Å². The molecule has 0 fully saturated rings. The molecule has 2 N–H and O–H groups in total. The van der Waals surface area contributed by atoms with Crippen molar-refractivity contribution in [1.29, 1.82) is 0 Å². The molecule has 0 aliphatic rings. The van der Waals surface area contributed by atoms with Gasteiger partial charge in [-0.25, -0.2) is 10.3 Å². The van der Waals surface area contributed by atoms with E-state index < -0.39 is 12.6 Å². The molecule has 0 aromatic heterocycles. The molecular formula is C5H9NO4S. The van der Waals surface area contributed by atoms with Gasteiger partial charge in [0, 0.05) is 0 Å². The molecule has 0 saturated carbocycles. The van der Waals surface area contributed by atoms with Gasteiger partial charge in [-0.1, -0.05) is 0 Å². The second-order valence-corrected chi connectivity index (χ2v) is 2.51. The predicted octanol–water partition coefficient (Wildman–Crippen LogP) is -0.518. The van der Waals surface area contributed by atoms with Gasteiger partial charge in [-0.3, -0.25) is 9.63 Å². The van der Waals surface area contributed by atoms with Gasteiger partial charge in [-0.15, -0.1) is 0 Å². The second kappa shape index (κ2) is 5.99. The monoisotopic (exact) mass is 179 g/mol. The summed E-state index contributed by atoms with van der Waals surface area (Å²) in [6.45, 7) is -0.514. The van der Waals surface area contributed by atoms with Crippen molar-refractivity contribution in [2.75, 3.05) is 18.6 Å². The number of carbonyl (C=O) groups excluding carboxylic acids is 1. The zero-order valence-corrected chi connectivity index (χ0v) is 6.81. The fraction of sp³-hybridized carbons (Fsp3) is 0.600. The van der Waals surface area contributed by atoms with E-state index in [0.29, 0.717) is 0 Å². The first kappa shape index (κ1) is 10.2.